The number of fused-ring (bicyclic) bond motifs is 1. The summed E-state index contributed by atoms with van der Waals surface area (Å²) in [6, 6.07) is 5.70. The van der Waals surface area contributed by atoms with E-state index in [2.05, 4.69) is 44.3 Å². The number of hydrogen-bond acceptors (Lipinski definition) is 8. The minimum absolute atomic E-state index is 0.352. The number of anilines is 2. The monoisotopic (exact) mass is 349 g/mol. The van der Waals surface area contributed by atoms with E-state index >= 15 is 0 Å². The molecule has 1 N–H and O–H groups in total. The van der Waals surface area contributed by atoms with Gasteiger partial charge in [0.1, 0.15) is 16.3 Å². The van der Waals surface area contributed by atoms with Crippen LogP contribution in [0.4, 0.5) is 10.9 Å². The maximum Gasteiger partial charge on any atom is 0.211 e. The molecule has 25 heavy (non-hydrogen) atoms. The average molecular weight is 349 g/mol. The predicted octanol–water partition coefficient (Wildman–Crippen LogP) is 3.81. The van der Waals surface area contributed by atoms with Gasteiger partial charge in [-0.2, -0.15) is 0 Å². The molecule has 0 aliphatic rings. The number of nitrogens with zero attached hydrogens (tertiary/aromatic N) is 6. The Bertz CT molecular complexity index is 1010. The maximum atomic E-state index is 4.70. The zero-order valence-electron chi connectivity index (χ0n) is 13.7. The Kier molecular flexibility index (Phi) is 4.02. The molecule has 7 nitrogen and oxygen atoms in total. The summed E-state index contributed by atoms with van der Waals surface area (Å²) in [5.74, 6) is 1.04. The fourth-order valence-electron chi connectivity index (χ4n) is 2.37. The number of pyridine rings is 2. The molecule has 0 aliphatic heterocycles. The van der Waals surface area contributed by atoms with Crippen molar-refractivity contribution >= 4 is 33.3 Å². The second-order valence-electron chi connectivity index (χ2n) is 5.74. The first-order valence-electron chi connectivity index (χ1n) is 7.83. The molecule has 4 aromatic rings. The van der Waals surface area contributed by atoms with Crippen LogP contribution < -0.4 is 5.32 Å². The first-order chi connectivity index (χ1) is 12.2. The van der Waals surface area contributed by atoms with Gasteiger partial charge in [-0.05, 0) is 18.2 Å². The van der Waals surface area contributed by atoms with Crippen molar-refractivity contribution in [2.45, 2.75) is 19.8 Å². The van der Waals surface area contributed by atoms with Gasteiger partial charge in [-0.25, -0.2) is 4.98 Å². The standard InChI is InChI=1S/C17H15N7S/c1-10(2)16-23-24-17(25-16)22-14-4-3-12-15(21-14)11(5-6-19-12)13-9-18-7-8-20-13/h3-10H,1-2H3,(H,21,22,24). The van der Waals surface area contributed by atoms with Gasteiger partial charge >= 0.3 is 0 Å². The Morgan fingerprint density at radius 2 is 1.92 bits per heavy atom. The van der Waals surface area contributed by atoms with Crippen LogP contribution in [0.5, 0.6) is 0 Å². The molecule has 0 atom stereocenters. The topological polar surface area (TPSA) is 89.4 Å². The van der Waals surface area contributed by atoms with Gasteiger partial charge in [0.15, 0.2) is 0 Å². The summed E-state index contributed by atoms with van der Waals surface area (Å²) >= 11 is 1.53. The fourth-order valence-corrected chi connectivity index (χ4v) is 3.12. The lowest BCUT2D eigenvalue weighted by Gasteiger charge is -2.07. The quantitative estimate of drug-likeness (QED) is 0.599. The Morgan fingerprint density at radius 3 is 2.68 bits per heavy atom. The maximum absolute atomic E-state index is 4.70. The predicted molar refractivity (Wildman–Crippen MR) is 97.8 cm³/mol. The molecule has 0 saturated heterocycles. The van der Waals surface area contributed by atoms with Crippen molar-refractivity contribution in [3.8, 4) is 11.3 Å². The molecule has 124 valence electrons. The van der Waals surface area contributed by atoms with Gasteiger partial charge in [0, 0.05) is 30.1 Å². The zero-order chi connectivity index (χ0) is 17.2. The van der Waals surface area contributed by atoms with Crippen molar-refractivity contribution in [2.75, 3.05) is 5.32 Å². The van der Waals surface area contributed by atoms with Crippen molar-refractivity contribution in [1.29, 1.82) is 0 Å². The Morgan fingerprint density at radius 1 is 1.00 bits per heavy atom. The third-order valence-electron chi connectivity index (χ3n) is 3.59. The fraction of sp³-hybridized carbons (Fsp3) is 0.176. The molecule has 4 aromatic heterocycles. The van der Waals surface area contributed by atoms with E-state index in [1.165, 1.54) is 11.3 Å². The molecule has 4 heterocycles. The molecule has 0 radical (unpaired) electrons. The number of hydrogen-bond donors (Lipinski definition) is 1. The average Bonchev–Trinajstić information content (AvgIpc) is 3.11. The van der Waals surface area contributed by atoms with Crippen LogP contribution in [0.25, 0.3) is 22.3 Å². The molecule has 8 heteroatoms. The lowest BCUT2D eigenvalue weighted by molar-refractivity contribution is 0.825. The van der Waals surface area contributed by atoms with E-state index in [1.54, 1.807) is 24.8 Å². The zero-order valence-corrected chi connectivity index (χ0v) is 14.5. The Labute approximate surface area is 148 Å². The smallest absolute Gasteiger partial charge is 0.211 e. The summed E-state index contributed by atoms with van der Waals surface area (Å²) in [6.07, 6.45) is 6.78. The lowest BCUT2D eigenvalue weighted by Crippen LogP contribution is -1.96. The van der Waals surface area contributed by atoms with Crippen molar-refractivity contribution < 1.29 is 0 Å². The van der Waals surface area contributed by atoms with Gasteiger partial charge in [0.25, 0.3) is 0 Å². The van der Waals surface area contributed by atoms with Gasteiger partial charge in [0.2, 0.25) is 5.13 Å². The van der Waals surface area contributed by atoms with Gasteiger partial charge in [-0.1, -0.05) is 25.2 Å². The van der Waals surface area contributed by atoms with Crippen LogP contribution in [0.2, 0.25) is 0 Å². The van der Waals surface area contributed by atoms with Crippen LogP contribution >= 0.6 is 11.3 Å². The second kappa shape index (κ2) is 6.48. The van der Waals surface area contributed by atoms with E-state index in [-0.39, 0.29) is 0 Å². The molecule has 0 unspecified atom stereocenters. The first kappa shape index (κ1) is 15.5. The molecule has 4 rings (SSSR count). The van der Waals surface area contributed by atoms with Crippen molar-refractivity contribution in [1.82, 2.24) is 30.1 Å². The summed E-state index contributed by atoms with van der Waals surface area (Å²) in [5.41, 5.74) is 3.22. The minimum Gasteiger partial charge on any atom is -0.315 e. The number of nitrogens with one attached hydrogen (secondary N) is 1. The Balaban J connectivity index is 1.73. The van der Waals surface area contributed by atoms with Crippen LogP contribution in [0.15, 0.2) is 43.0 Å². The van der Waals surface area contributed by atoms with Crippen molar-refractivity contribution in [3.63, 3.8) is 0 Å². The van der Waals surface area contributed by atoms with Gasteiger partial charge in [0.05, 0.1) is 17.4 Å². The summed E-state index contributed by atoms with van der Waals surface area (Å²) in [4.78, 5) is 17.6. The molecular formula is C17H15N7S. The van der Waals surface area contributed by atoms with E-state index < -0.39 is 0 Å². The van der Waals surface area contributed by atoms with E-state index in [9.17, 15) is 0 Å². The SMILES string of the molecule is CC(C)c1nnc(Nc2ccc3nccc(-c4cnccn4)c3n2)s1. The van der Waals surface area contributed by atoms with E-state index in [0.717, 1.165) is 32.4 Å². The van der Waals surface area contributed by atoms with Gasteiger partial charge in [-0.3, -0.25) is 15.0 Å². The first-order valence-corrected chi connectivity index (χ1v) is 8.65. The normalized spacial score (nSPS) is 11.2. The largest absolute Gasteiger partial charge is 0.315 e. The molecule has 0 fully saturated rings. The second-order valence-corrected chi connectivity index (χ2v) is 6.75. The highest BCUT2D eigenvalue weighted by Crippen LogP contribution is 2.28. The minimum atomic E-state index is 0.352. The Hall–Kier alpha value is -3.00. The van der Waals surface area contributed by atoms with Crippen LogP contribution in [-0.2, 0) is 0 Å². The summed E-state index contributed by atoms with van der Waals surface area (Å²) in [6.45, 7) is 4.19. The highest BCUT2D eigenvalue weighted by atomic mass is 32.1. The number of rotatable bonds is 4. The molecule has 0 spiro atoms. The van der Waals surface area contributed by atoms with Crippen LogP contribution in [0.1, 0.15) is 24.8 Å². The van der Waals surface area contributed by atoms with Crippen LogP contribution in [0, 0.1) is 0 Å². The summed E-state index contributed by atoms with van der Waals surface area (Å²) in [7, 11) is 0. The molecule has 0 bridgehead atoms. The molecule has 0 amide bonds. The van der Waals surface area contributed by atoms with Crippen molar-refractivity contribution in [3.05, 3.63) is 48.0 Å². The van der Waals surface area contributed by atoms with Crippen LogP contribution in [0.3, 0.4) is 0 Å². The molecule has 0 aliphatic carbocycles. The van der Waals surface area contributed by atoms with Gasteiger partial charge in [-0.15, -0.1) is 10.2 Å². The third-order valence-corrected chi connectivity index (χ3v) is 4.73. The number of aromatic nitrogens is 6. The summed E-state index contributed by atoms with van der Waals surface area (Å²) in [5, 5.41) is 13.3. The van der Waals surface area contributed by atoms with E-state index in [0.29, 0.717) is 11.7 Å². The van der Waals surface area contributed by atoms with Gasteiger partial charge < -0.3 is 5.32 Å². The highest BCUT2D eigenvalue weighted by Gasteiger charge is 2.11. The molecule has 0 aromatic carbocycles. The highest BCUT2D eigenvalue weighted by molar-refractivity contribution is 7.15. The van der Waals surface area contributed by atoms with E-state index in [1.807, 2.05) is 18.2 Å². The molecule has 0 saturated carbocycles. The lowest BCUT2D eigenvalue weighted by atomic mass is 10.1. The van der Waals surface area contributed by atoms with Crippen LogP contribution in [-0.4, -0.2) is 30.1 Å². The van der Waals surface area contributed by atoms with E-state index in [4.69, 9.17) is 4.98 Å². The third kappa shape index (κ3) is 3.16. The van der Waals surface area contributed by atoms with Crippen molar-refractivity contribution in [2.24, 2.45) is 0 Å². The molecular weight excluding hydrogens is 334 g/mol. The summed E-state index contributed by atoms with van der Waals surface area (Å²) < 4.78 is 0.